The summed E-state index contributed by atoms with van der Waals surface area (Å²) in [6.07, 6.45) is 1.35. The van der Waals surface area contributed by atoms with Crippen molar-refractivity contribution in [2.24, 2.45) is 0 Å². The Morgan fingerprint density at radius 1 is 1.13 bits per heavy atom. The molecule has 0 radical (unpaired) electrons. The smallest absolute Gasteiger partial charge is 0.247 e. The van der Waals surface area contributed by atoms with Crippen LogP contribution < -0.4 is 0 Å². The van der Waals surface area contributed by atoms with Crippen LogP contribution in [-0.4, -0.2) is 36.0 Å². The van der Waals surface area contributed by atoms with E-state index in [1.165, 1.54) is 28.6 Å². The van der Waals surface area contributed by atoms with E-state index in [1.54, 1.807) is 19.1 Å². The first kappa shape index (κ1) is 21.2. The van der Waals surface area contributed by atoms with Crippen LogP contribution in [0.3, 0.4) is 0 Å². The average molecular weight is 470 g/mol. The highest BCUT2D eigenvalue weighted by molar-refractivity contribution is 7.89. The fourth-order valence-electron chi connectivity index (χ4n) is 3.44. The lowest BCUT2D eigenvalue weighted by Crippen LogP contribution is -2.39. The average Bonchev–Trinajstić information content (AvgIpc) is 3.21. The van der Waals surface area contributed by atoms with E-state index in [2.05, 4.69) is 10.2 Å². The highest BCUT2D eigenvalue weighted by atomic mass is 35.5. The lowest BCUT2D eigenvalue weighted by molar-refractivity contribution is 0.286. The fourth-order valence-corrected chi connectivity index (χ4v) is 5.77. The Bertz CT molecular complexity index is 1180. The molecule has 1 unspecified atom stereocenters. The Morgan fingerprint density at radius 3 is 2.60 bits per heavy atom. The van der Waals surface area contributed by atoms with Crippen molar-refractivity contribution >= 4 is 33.2 Å². The maximum absolute atomic E-state index is 13.2. The molecule has 2 aromatic carbocycles. The quantitative estimate of drug-likeness (QED) is 0.533. The number of aryl methyl sites for hydroxylation is 1. The predicted octanol–water partition coefficient (Wildman–Crippen LogP) is 5.06. The van der Waals surface area contributed by atoms with E-state index in [1.807, 2.05) is 0 Å². The summed E-state index contributed by atoms with van der Waals surface area (Å²) in [6.45, 7) is 2.30. The molecular weight excluding hydrogens is 452 g/mol. The minimum atomic E-state index is -3.81. The molecule has 0 N–H and O–H groups in total. The number of halogens is 3. The minimum Gasteiger partial charge on any atom is -0.420 e. The lowest BCUT2D eigenvalue weighted by atomic mass is 10.00. The molecule has 6 nitrogen and oxygen atoms in total. The molecule has 30 heavy (non-hydrogen) atoms. The summed E-state index contributed by atoms with van der Waals surface area (Å²) in [4.78, 5) is 0.0317. The summed E-state index contributed by atoms with van der Waals surface area (Å²) in [5.74, 6) is 0.0130. The number of rotatable bonds is 4. The standard InChI is InChI=1S/C20H18Cl2FN3O3S/c1-12-9-18(17(22)10-16(12)21)30(27,28)26-8-2-3-14(11-26)20-25-24-19(29-20)13-4-6-15(23)7-5-13/h4-7,9-10,14H,2-3,8,11H2,1H3. The molecule has 3 aromatic rings. The Balaban J connectivity index is 1.58. The van der Waals surface area contributed by atoms with Gasteiger partial charge in [0.2, 0.25) is 21.8 Å². The summed E-state index contributed by atoms with van der Waals surface area (Å²) < 4.78 is 46.7. The van der Waals surface area contributed by atoms with Gasteiger partial charge in [0.05, 0.1) is 10.9 Å². The summed E-state index contributed by atoms with van der Waals surface area (Å²) in [5, 5.41) is 8.62. The molecule has 0 amide bonds. The molecule has 0 aliphatic carbocycles. The van der Waals surface area contributed by atoms with Gasteiger partial charge in [-0.15, -0.1) is 10.2 Å². The SMILES string of the molecule is Cc1cc(S(=O)(=O)N2CCCC(c3nnc(-c4ccc(F)cc4)o3)C2)c(Cl)cc1Cl. The second-order valence-electron chi connectivity index (χ2n) is 7.19. The third kappa shape index (κ3) is 4.09. The van der Waals surface area contributed by atoms with E-state index in [0.717, 1.165) is 0 Å². The molecular formula is C20H18Cl2FN3O3S. The summed E-state index contributed by atoms with van der Waals surface area (Å²) in [7, 11) is -3.81. The zero-order chi connectivity index (χ0) is 21.5. The number of piperidine rings is 1. The van der Waals surface area contributed by atoms with Crippen molar-refractivity contribution in [3.8, 4) is 11.5 Å². The lowest BCUT2D eigenvalue weighted by Gasteiger charge is -2.30. The number of aromatic nitrogens is 2. The second kappa shape index (κ2) is 8.26. The number of nitrogens with zero attached hydrogens (tertiary/aromatic N) is 3. The van der Waals surface area contributed by atoms with E-state index in [9.17, 15) is 12.8 Å². The van der Waals surface area contributed by atoms with E-state index >= 15 is 0 Å². The first-order valence-corrected chi connectivity index (χ1v) is 11.5. The first-order valence-electron chi connectivity index (χ1n) is 9.31. The molecule has 10 heteroatoms. The molecule has 1 atom stereocenters. The van der Waals surface area contributed by atoms with Crippen LogP contribution in [0.2, 0.25) is 10.0 Å². The minimum absolute atomic E-state index is 0.0317. The van der Waals surface area contributed by atoms with Gasteiger partial charge in [-0.25, -0.2) is 12.8 Å². The maximum atomic E-state index is 13.2. The zero-order valence-electron chi connectivity index (χ0n) is 16.0. The van der Waals surface area contributed by atoms with Gasteiger partial charge in [-0.05, 0) is 61.7 Å². The van der Waals surface area contributed by atoms with Gasteiger partial charge in [0.15, 0.2) is 0 Å². The van der Waals surface area contributed by atoms with E-state index in [0.29, 0.717) is 41.4 Å². The van der Waals surface area contributed by atoms with Crippen molar-refractivity contribution in [1.82, 2.24) is 14.5 Å². The van der Waals surface area contributed by atoms with E-state index < -0.39 is 10.0 Å². The fraction of sp³-hybridized carbons (Fsp3) is 0.300. The Morgan fingerprint density at radius 2 is 1.87 bits per heavy atom. The van der Waals surface area contributed by atoms with Crippen LogP contribution in [0.1, 0.15) is 30.2 Å². The molecule has 1 aliphatic heterocycles. The molecule has 4 rings (SSSR count). The predicted molar refractivity (Wildman–Crippen MR) is 112 cm³/mol. The number of hydrogen-bond donors (Lipinski definition) is 0. The van der Waals surface area contributed by atoms with Gasteiger partial charge in [0, 0.05) is 23.7 Å². The Hall–Kier alpha value is -2.00. The Kier molecular flexibility index (Phi) is 5.85. The van der Waals surface area contributed by atoms with Crippen LogP contribution >= 0.6 is 23.2 Å². The number of sulfonamides is 1. The largest absolute Gasteiger partial charge is 0.420 e. The number of hydrogen-bond acceptors (Lipinski definition) is 5. The van der Waals surface area contributed by atoms with E-state index in [4.69, 9.17) is 27.6 Å². The molecule has 1 aliphatic rings. The van der Waals surface area contributed by atoms with Crippen LogP contribution in [-0.2, 0) is 10.0 Å². The molecule has 1 fully saturated rings. The van der Waals surface area contributed by atoms with Gasteiger partial charge in [0.25, 0.3) is 0 Å². The van der Waals surface area contributed by atoms with Crippen LogP contribution in [0.25, 0.3) is 11.5 Å². The van der Waals surface area contributed by atoms with Gasteiger partial charge >= 0.3 is 0 Å². The summed E-state index contributed by atoms with van der Waals surface area (Å²) in [5.41, 5.74) is 1.23. The van der Waals surface area contributed by atoms with Gasteiger partial charge in [-0.3, -0.25) is 0 Å². The van der Waals surface area contributed by atoms with Crippen molar-refractivity contribution < 1.29 is 17.2 Å². The monoisotopic (exact) mass is 469 g/mol. The highest BCUT2D eigenvalue weighted by Gasteiger charge is 2.34. The first-order chi connectivity index (χ1) is 14.3. The molecule has 158 valence electrons. The molecule has 2 heterocycles. The van der Waals surface area contributed by atoms with Gasteiger partial charge in [-0.1, -0.05) is 23.2 Å². The van der Waals surface area contributed by atoms with Gasteiger partial charge < -0.3 is 4.42 Å². The number of benzene rings is 2. The van der Waals surface area contributed by atoms with Crippen molar-refractivity contribution in [2.75, 3.05) is 13.1 Å². The topological polar surface area (TPSA) is 76.3 Å². The van der Waals surface area contributed by atoms with Crippen molar-refractivity contribution in [3.05, 3.63) is 63.7 Å². The van der Waals surface area contributed by atoms with Crippen molar-refractivity contribution in [2.45, 2.75) is 30.6 Å². The molecule has 0 spiro atoms. The van der Waals surface area contributed by atoms with Gasteiger partial charge in [-0.2, -0.15) is 4.31 Å². The Labute approximate surface area is 183 Å². The highest BCUT2D eigenvalue weighted by Crippen LogP contribution is 2.34. The van der Waals surface area contributed by atoms with Crippen LogP contribution in [0.15, 0.2) is 45.7 Å². The van der Waals surface area contributed by atoms with E-state index in [-0.39, 0.29) is 34.1 Å². The third-order valence-electron chi connectivity index (χ3n) is 5.10. The van der Waals surface area contributed by atoms with Gasteiger partial charge in [0.1, 0.15) is 10.7 Å². The molecule has 1 aromatic heterocycles. The van der Waals surface area contributed by atoms with Crippen LogP contribution in [0.4, 0.5) is 4.39 Å². The normalized spacial score (nSPS) is 17.9. The maximum Gasteiger partial charge on any atom is 0.247 e. The summed E-state index contributed by atoms with van der Waals surface area (Å²) in [6, 6.07) is 8.66. The molecule has 0 bridgehead atoms. The summed E-state index contributed by atoms with van der Waals surface area (Å²) >= 11 is 12.2. The van der Waals surface area contributed by atoms with Crippen molar-refractivity contribution in [1.29, 1.82) is 0 Å². The van der Waals surface area contributed by atoms with Crippen molar-refractivity contribution in [3.63, 3.8) is 0 Å². The van der Waals surface area contributed by atoms with Crippen LogP contribution in [0.5, 0.6) is 0 Å². The molecule has 0 saturated carbocycles. The third-order valence-corrected chi connectivity index (χ3v) is 7.83. The zero-order valence-corrected chi connectivity index (χ0v) is 18.3. The molecule has 1 saturated heterocycles. The van der Waals surface area contributed by atoms with Crippen LogP contribution in [0, 0.1) is 12.7 Å². The second-order valence-corrected chi connectivity index (χ2v) is 9.91.